The van der Waals surface area contributed by atoms with Gasteiger partial charge in [0.05, 0.1) is 0 Å². The van der Waals surface area contributed by atoms with Crippen LogP contribution in [-0.2, 0) is 0 Å². The standard InChI is InChI=1S/C52H32OSe/c1-3-13-33(14-4-1)37-29-38(31-39(30-37)40-19-12-26-49-50(40)46-18-7-8-25-48(46)53-49)36-28-27-35-17-9-21-42(47(35)32-36)43-22-11-24-45-44-23-10-20-41(51(44)54-52(43)45)34-15-5-2-6-16-34/h1-32H. The normalized spacial score (nSPS) is 11.7. The van der Waals surface area contributed by atoms with E-state index >= 15 is 0 Å². The molecular weight excluding hydrogens is 720 g/mol. The number of fused-ring (bicyclic) bond motifs is 7. The number of rotatable bonds is 5. The summed E-state index contributed by atoms with van der Waals surface area (Å²) in [4.78, 5) is 0. The van der Waals surface area contributed by atoms with Crippen LogP contribution in [0.1, 0.15) is 0 Å². The first-order valence-electron chi connectivity index (χ1n) is 18.4. The molecule has 2 aromatic heterocycles. The SMILES string of the molecule is c1ccc(-c2cc(-c3ccc4cccc(-c5cccc6c5[se]c5c(-c7ccccc7)cccc56)c4c3)cc(-c3cccc4oc5ccccc5c34)c2)cc1. The Morgan fingerprint density at radius 2 is 0.870 bits per heavy atom. The third kappa shape index (κ3) is 5.07. The molecular formula is C52H32OSe. The van der Waals surface area contributed by atoms with Crippen molar-refractivity contribution in [2.24, 2.45) is 0 Å². The van der Waals surface area contributed by atoms with Crippen molar-refractivity contribution in [3.63, 3.8) is 0 Å². The van der Waals surface area contributed by atoms with E-state index in [-0.39, 0.29) is 14.5 Å². The van der Waals surface area contributed by atoms with Crippen LogP contribution in [0, 0.1) is 0 Å². The average Bonchev–Trinajstić information content (AvgIpc) is 3.83. The second kappa shape index (κ2) is 12.6. The predicted octanol–water partition coefficient (Wildman–Crippen LogP) is 14.4. The van der Waals surface area contributed by atoms with Crippen LogP contribution in [0.15, 0.2) is 199 Å². The molecule has 2 heterocycles. The first kappa shape index (κ1) is 31.1. The molecule has 0 aliphatic rings. The molecule has 54 heavy (non-hydrogen) atoms. The van der Waals surface area contributed by atoms with Gasteiger partial charge in [-0.15, -0.1) is 0 Å². The van der Waals surface area contributed by atoms with Gasteiger partial charge < -0.3 is 4.42 Å². The van der Waals surface area contributed by atoms with Gasteiger partial charge >= 0.3 is 274 Å². The Bertz CT molecular complexity index is 3200. The van der Waals surface area contributed by atoms with Gasteiger partial charge in [0, 0.05) is 0 Å². The van der Waals surface area contributed by atoms with Gasteiger partial charge in [-0.3, -0.25) is 0 Å². The number of hydrogen-bond acceptors (Lipinski definition) is 1. The van der Waals surface area contributed by atoms with E-state index in [0.717, 1.165) is 21.9 Å². The third-order valence-corrected chi connectivity index (χ3v) is 13.6. The van der Waals surface area contributed by atoms with E-state index in [0.29, 0.717) is 0 Å². The second-order valence-corrected chi connectivity index (χ2v) is 16.2. The molecule has 252 valence electrons. The maximum atomic E-state index is 6.33. The summed E-state index contributed by atoms with van der Waals surface area (Å²) in [6.07, 6.45) is 0. The van der Waals surface area contributed by atoms with Crippen LogP contribution in [0.5, 0.6) is 0 Å². The first-order valence-corrected chi connectivity index (χ1v) is 20.1. The molecule has 0 aliphatic heterocycles. The van der Waals surface area contributed by atoms with Crippen molar-refractivity contribution >= 4 is 66.5 Å². The van der Waals surface area contributed by atoms with Gasteiger partial charge in [0.2, 0.25) is 0 Å². The Morgan fingerprint density at radius 3 is 1.69 bits per heavy atom. The van der Waals surface area contributed by atoms with Crippen LogP contribution in [0.2, 0.25) is 0 Å². The summed E-state index contributed by atoms with van der Waals surface area (Å²) in [6, 6.07) is 70.9. The van der Waals surface area contributed by atoms with Crippen LogP contribution in [0.4, 0.5) is 0 Å². The summed E-state index contributed by atoms with van der Waals surface area (Å²) in [5.74, 6) is 0. The fraction of sp³-hybridized carbons (Fsp3) is 0. The molecule has 0 amide bonds. The van der Waals surface area contributed by atoms with Crippen molar-refractivity contribution in [3.8, 4) is 55.6 Å². The summed E-state index contributed by atoms with van der Waals surface area (Å²) < 4.78 is 9.28. The number of benzene rings is 9. The van der Waals surface area contributed by atoms with Crippen molar-refractivity contribution in [2.75, 3.05) is 0 Å². The summed E-state index contributed by atoms with van der Waals surface area (Å²) in [5, 5.41) is 7.56. The summed E-state index contributed by atoms with van der Waals surface area (Å²) in [7, 11) is 0. The van der Waals surface area contributed by atoms with E-state index in [1.54, 1.807) is 0 Å². The summed E-state index contributed by atoms with van der Waals surface area (Å²) in [6.45, 7) is 0. The fourth-order valence-corrected chi connectivity index (χ4v) is 11.2. The predicted molar refractivity (Wildman–Crippen MR) is 230 cm³/mol. The molecule has 0 saturated heterocycles. The molecule has 0 saturated carbocycles. The monoisotopic (exact) mass is 752 g/mol. The van der Waals surface area contributed by atoms with Gasteiger partial charge in [0.15, 0.2) is 0 Å². The Kier molecular flexibility index (Phi) is 7.26. The molecule has 1 nitrogen and oxygen atoms in total. The number of hydrogen-bond donors (Lipinski definition) is 0. The van der Waals surface area contributed by atoms with Crippen molar-refractivity contribution in [1.29, 1.82) is 0 Å². The Hall–Kier alpha value is -6.44. The molecule has 0 atom stereocenters. The van der Waals surface area contributed by atoms with E-state index in [4.69, 9.17) is 4.42 Å². The second-order valence-electron chi connectivity index (χ2n) is 14.0. The molecule has 0 bridgehead atoms. The van der Waals surface area contributed by atoms with Gasteiger partial charge in [0.25, 0.3) is 0 Å². The minimum absolute atomic E-state index is 0.171. The zero-order valence-corrected chi connectivity index (χ0v) is 31.0. The summed E-state index contributed by atoms with van der Waals surface area (Å²) in [5.41, 5.74) is 14.2. The summed E-state index contributed by atoms with van der Waals surface area (Å²) >= 11 is 0.171. The molecule has 11 rings (SSSR count). The van der Waals surface area contributed by atoms with Crippen molar-refractivity contribution in [3.05, 3.63) is 194 Å². The molecule has 0 N–H and O–H groups in total. The quantitative estimate of drug-likeness (QED) is 0.160. The maximum absolute atomic E-state index is 6.33. The average molecular weight is 752 g/mol. The van der Waals surface area contributed by atoms with Crippen LogP contribution < -0.4 is 0 Å². The third-order valence-electron chi connectivity index (χ3n) is 10.9. The Balaban J connectivity index is 1.12. The van der Waals surface area contributed by atoms with Gasteiger partial charge in [-0.05, 0) is 12.1 Å². The minimum atomic E-state index is 0.171. The van der Waals surface area contributed by atoms with Gasteiger partial charge in [-0.1, -0.05) is 24.3 Å². The molecule has 0 radical (unpaired) electrons. The zero-order chi connectivity index (χ0) is 35.6. The van der Waals surface area contributed by atoms with Crippen LogP contribution >= 0.6 is 0 Å². The van der Waals surface area contributed by atoms with E-state index in [1.807, 2.05) is 6.07 Å². The van der Waals surface area contributed by atoms with Crippen LogP contribution in [0.3, 0.4) is 0 Å². The van der Waals surface area contributed by atoms with Crippen LogP contribution in [-0.4, -0.2) is 14.5 Å². The van der Waals surface area contributed by atoms with Crippen molar-refractivity contribution in [1.82, 2.24) is 0 Å². The van der Waals surface area contributed by atoms with Crippen molar-refractivity contribution in [2.45, 2.75) is 0 Å². The van der Waals surface area contributed by atoms with E-state index in [9.17, 15) is 0 Å². The number of furan rings is 1. The first-order chi connectivity index (χ1) is 26.8. The van der Waals surface area contributed by atoms with Gasteiger partial charge in [-0.25, -0.2) is 0 Å². The fourth-order valence-electron chi connectivity index (χ4n) is 8.33. The van der Waals surface area contributed by atoms with Crippen molar-refractivity contribution < 1.29 is 4.42 Å². The van der Waals surface area contributed by atoms with Gasteiger partial charge in [0.1, 0.15) is 5.58 Å². The number of para-hydroxylation sites is 1. The molecule has 0 fully saturated rings. The molecule has 9 aromatic carbocycles. The van der Waals surface area contributed by atoms with E-state index in [2.05, 4.69) is 188 Å². The molecule has 0 unspecified atom stereocenters. The van der Waals surface area contributed by atoms with E-state index < -0.39 is 0 Å². The Labute approximate surface area is 319 Å². The Morgan fingerprint density at radius 1 is 0.296 bits per heavy atom. The van der Waals surface area contributed by atoms with E-state index in [1.165, 1.54) is 85.7 Å². The van der Waals surface area contributed by atoms with Crippen LogP contribution in [0.25, 0.3) is 108 Å². The molecule has 2 heteroatoms. The molecule has 11 aromatic rings. The molecule has 0 aliphatic carbocycles. The topological polar surface area (TPSA) is 13.1 Å². The van der Waals surface area contributed by atoms with Gasteiger partial charge in [-0.2, -0.15) is 0 Å². The molecule has 0 spiro atoms. The zero-order valence-electron chi connectivity index (χ0n) is 29.3.